The van der Waals surface area contributed by atoms with Crippen LogP contribution in [-0.4, -0.2) is 32.1 Å². The van der Waals surface area contributed by atoms with Crippen LogP contribution in [0.15, 0.2) is 24.3 Å². The molecule has 0 aliphatic rings. The number of esters is 2. The fourth-order valence-corrected chi connectivity index (χ4v) is 1.91. The Morgan fingerprint density at radius 1 is 0.913 bits per heavy atom. The number of rotatable bonds is 12. The molecule has 0 fully saturated rings. The number of phosphoric ester groups is 1. The zero-order valence-electron chi connectivity index (χ0n) is 13.7. The van der Waals surface area contributed by atoms with Crippen LogP contribution < -0.4 is 0 Å². The average Bonchev–Trinajstić information content (AvgIpc) is 2.47. The summed E-state index contributed by atoms with van der Waals surface area (Å²) in [6, 6.07) is 0. The molecule has 0 aromatic heterocycles. The van der Waals surface area contributed by atoms with Crippen molar-refractivity contribution >= 4 is 19.8 Å². The third-order valence-electron chi connectivity index (χ3n) is 2.25. The minimum atomic E-state index is -4.04. The Balaban J connectivity index is 4.47. The minimum absolute atomic E-state index is 0.108. The zero-order chi connectivity index (χ0) is 17.9. The average molecular weight is 350 g/mol. The van der Waals surface area contributed by atoms with Gasteiger partial charge in [-0.1, -0.05) is 26.5 Å². The van der Waals surface area contributed by atoms with Gasteiger partial charge in [0.25, 0.3) is 0 Å². The van der Waals surface area contributed by atoms with Gasteiger partial charge >= 0.3 is 19.8 Å². The lowest BCUT2D eigenvalue weighted by molar-refractivity contribution is -0.149. The second-order valence-electron chi connectivity index (χ2n) is 4.55. The highest BCUT2D eigenvalue weighted by molar-refractivity contribution is 7.48. The van der Waals surface area contributed by atoms with Crippen LogP contribution in [0.5, 0.6) is 0 Å². The summed E-state index contributed by atoms with van der Waals surface area (Å²) >= 11 is 0. The monoisotopic (exact) mass is 350 g/mol. The molecule has 0 bridgehead atoms. The van der Waals surface area contributed by atoms with E-state index in [9.17, 15) is 14.2 Å². The molecule has 0 amide bonds. The largest absolute Gasteiger partial charge is 0.480 e. The summed E-state index contributed by atoms with van der Waals surface area (Å²) in [5.41, 5.74) is 0.318. The van der Waals surface area contributed by atoms with Crippen LogP contribution in [0, 0.1) is 0 Å². The van der Waals surface area contributed by atoms with Gasteiger partial charge in [0.2, 0.25) is 13.6 Å². The van der Waals surface area contributed by atoms with E-state index in [1.807, 2.05) is 6.92 Å². The van der Waals surface area contributed by atoms with Crippen molar-refractivity contribution in [2.45, 2.75) is 33.6 Å². The molecule has 132 valence electrons. The predicted molar refractivity (Wildman–Crippen MR) is 82.2 cm³/mol. The SMILES string of the molecule is C=C(C)C(=O)OCOP(=O)(OCCCC)OCOC(=O)C(=C)C. The van der Waals surface area contributed by atoms with Crippen LogP contribution in [0.4, 0.5) is 0 Å². The number of carbonyl (C=O) groups excluding carboxylic acids is 2. The first-order valence-corrected chi connectivity index (χ1v) is 8.36. The second-order valence-corrected chi connectivity index (χ2v) is 6.22. The van der Waals surface area contributed by atoms with Crippen LogP contribution >= 0.6 is 7.82 Å². The van der Waals surface area contributed by atoms with Gasteiger partial charge in [0.1, 0.15) is 0 Å². The van der Waals surface area contributed by atoms with E-state index in [2.05, 4.69) is 22.6 Å². The Labute approximate surface area is 136 Å². The van der Waals surface area contributed by atoms with E-state index >= 15 is 0 Å². The first-order valence-electron chi connectivity index (χ1n) is 6.90. The first kappa shape index (κ1) is 21.5. The van der Waals surface area contributed by atoms with Gasteiger partial charge in [-0.25, -0.2) is 23.2 Å². The van der Waals surface area contributed by atoms with Gasteiger partial charge in [-0.05, 0) is 20.3 Å². The van der Waals surface area contributed by atoms with E-state index < -0.39 is 33.3 Å². The molecule has 0 N–H and O–H groups in total. The number of hydrogen-bond acceptors (Lipinski definition) is 8. The smallest absolute Gasteiger partial charge is 0.435 e. The van der Waals surface area contributed by atoms with Crippen molar-refractivity contribution in [3.8, 4) is 0 Å². The van der Waals surface area contributed by atoms with Gasteiger partial charge in [0.15, 0.2) is 0 Å². The third kappa shape index (κ3) is 10.0. The van der Waals surface area contributed by atoms with Gasteiger partial charge in [-0.2, -0.15) is 0 Å². The fourth-order valence-electron chi connectivity index (χ4n) is 0.968. The highest BCUT2D eigenvalue weighted by Crippen LogP contribution is 2.49. The van der Waals surface area contributed by atoms with E-state index in [1.165, 1.54) is 13.8 Å². The molecule has 0 heterocycles. The molecule has 0 saturated carbocycles. The van der Waals surface area contributed by atoms with Gasteiger partial charge in [-0.15, -0.1) is 0 Å². The lowest BCUT2D eigenvalue weighted by Gasteiger charge is -2.17. The Morgan fingerprint density at radius 3 is 1.70 bits per heavy atom. The lowest BCUT2D eigenvalue weighted by atomic mass is 10.4. The third-order valence-corrected chi connectivity index (χ3v) is 3.59. The standard InChI is InChI=1S/C14H23O8P/c1-6-7-8-20-23(17,21-9-18-13(15)11(2)3)22-10-19-14(16)12(4)5/h2,4,6-10H2,1,3,5H3. The maximum Gasteiger partial charge on any atom is 0.480 e. The highest BCUT2D eigenvalue weighted by atomic mass is 31.2. The molecule has 0 aliphatic heterocycles. The molecule has 9 heteroatoms. The number of phosphoric acid groups is 1. The van der Waals surface area contributed by atoms with Crippen molar-refractivity contribution in [1.29, 1.82) is 0 Å². The number of ether oxygens (including phenoxy) is 2. The molecule has 0 unspecified atom stereocenters. The van der Waals surface area contributed by atoms with E-state index in [0.29, 0.717) is 6.42 Å². The van der Waals surface area contributed by atoms with Crippen molar-refractivity contribution in [2.24, 2.45) is 0 Å². The lowest BCUT2D eigenvalue weighted by Crippen LogP contribution is -2.12. The summed E-state index contributed by atoms with van der Waals surface area (Å²) in [4.78, 5) is 22.4. The molecule has 0 aliphatic carbocycles. The molecule has 0 aromatic rings. The van der Waals surface area contributed by atoms with Gasteiger partial charge in [-0.3, -0.25) is 4.52 Å². The van der Waals surface area contributed by atoms with Crippen molar-refractivity contribution < 1.29 is 37.2 Å². The Morgan fingerprint density at radius 2 is 1.35 bits per heavy atom. The van der Waals surface area contributed by atoms with Crippen LogP contribution in [-0.2, 0) is 37.2 Å². The Kier molecular flexibility index (Phi) is 10.4. The second kappa shape index (κ2) is 11.1. The normalized spacial score (nSPS) is 10.9. The topological polar surface area (TPSA) is 97.4 Å². The van der Waals surface area contributed by atoms with E-state index in [-0.39, 0.29) is 17.8 Å². The van der Waals surface area contributed by atoms with E-state index in [4.69, 9.17) is 13.6 Å². The van der Waals surface area contributed by atoms with Crippen LogP contribution in [0.2, 0.25) is 0 Å². The van der Waals surface area contributed by atoms with Gasteiger partial charge in [0.05, 0.1) is 6.61 Å². The molecule has 0 saturated heterocycles. The maximum absolute atomic E-state index is 12.3. The summed E-state index contributed by atoms with van der Waals surface area (Å²) in [5.74, 6) is -1.42. The fraction of sp³-hybridized carbons (Fsp3) is 0.571. The van der Waals surface area contributed by atoms with Crippen LogP contribution in [0.1, 0.15) is 33.6 Å². The summed E-state index contributed by atoms with van der Waals surface area (Å²) in [6.45, 7) is 10.4. The maximum atomic E-state index is 12.3. The molecule has 23 heavy (non-hydrogen) atoms. The van der Waals surface area contributed by atoms with Gasteiger partial charge < -0.3 is 9.47 Å². The summed E-state index contributed by atoms with van der Waals surface area (Å²) < 4.78 is 36.4. The molecule has 0 rings (SSSR count). The van der Waals surface area contributed by atoms with Crippen molar-refractivity contribution in [3.63, 3.8) is 0 Å². The van der Waals surface area contributed by atoms with E-state index in [1.54, 1.807) is 0 Å². The zero-order valence-corrected chi connectivity index (χ0v) is 14.6. The van der Waals surface area contributed by atoms with Crippen LogP contribution in [0.25, 0.3) is 0 Å². The summed E-state index contributed by atoms with van der Waals surface area (Å²) in [5, 5.41) is 0. The number of hydrogen-bond donors (Lipinski definition) is 0. The molecule has 0 radical (unpaired) electrons. The summed E-state index contributed by atoms with van der Waals surface area (Å²) in [6.07, 6.45) is 1.42. The Bertz CT molecular complexity index is 449. The quantitative estimate of drug-likeness (QED) is 0.174. The van der Waals surface area contributed by atoms with Crippen molar-refractivity contribution in [2.75, 3.05) is 20.2 Å². The molecule has 0 aromatic carbocycles. The minimum Gasteiger partial charge on any atom is -0.435 e. The van der Waals surface area contributed by atoms with Crippen molar-refractivity contribution in [1.82, 2.24) is 0 Å². The highest BCUT2D eigenvalue weighted by Gasteiger charge is 2.28. The molecular weight excluding hydrogens is 327 g/mol. The number of carbonyl (C=O) groups is 2. The van der Waals surface area contributed by atoms with E-state index in [0.717, 1.165) is 6.42 Å². The Hall–Kier alpha value is -1.47. The molecular formula is C14H23O8P. The molecule has 8 nitrogen and oxygen atoms in total. The van der Waals surface area contributed by atoms with Crippen LogP contribution in [0.3, 0.4) is 0 Å². The first-order chi connectivity index (χ1) is 10.7. The molecule has 0 atom stereocenters. The van der Waals surface area contributed by atoms with Gasteiger partial charge in [0, 0.05) is 11.1 Å². The molecule has 0 spiro atoms. The number of unbranched alkanes of at least 4 members (excludes halogenated alkanes) is 1. The summed E-state index contributed by atoms with van der Waals surface area (Å²) in [7, 11) is -4.04. The van der Waals surface area contributed by atoms with Crippen molar-refractivity contribution in [3.05, 3.63) is 24.3 Å². The predicted octanol–water partition coefficient (Wildman–Crippen LogP) is 3.10.